The van der Waals surface area contributed by atoms with Gasteiger partial charge in [-0.1, -0.05) is 23.7 Å². The number of amides is 1. The number of hydrogen-bond acceptors (Lipinski definition) is 2. The fourth-order valence-corrected chi connectivity index (χ4v) is 1.72. The first-order valence-corrected chi connectivity index (χ1v) is 5.97. The highest BCUT2D eigenvalue weighted by Gasteiger charge is 2.26. The van der Waals surface area contributed by atoms with Crippen molar-refractivity contribution in [3.05, 3.63) is 34.9 Å². The highest BCUT2D eigenvalue weighted by atomic mass is 35.5. The Balaban J connectivity index is 2.74. The third-order valence-corrected chi connectivity index (χ3v) is 2.67. The Morgan fingerprint density at radius 3 is 2.41 bits per heavy atom. The van der Waals surface area contributed by atoms with E-state index in [0.717, 1.165) is 0 Å². The number of benzene rings is 1. The predicted octanol–water partition coefficient (Wildman–Crippen LogP) is 2.46. The monoisotopic (exact) mass is 255 g/mol. The SMILES string of the molecule is CC(C)NC(=O)CC(C)(O)c1ccc(Cl)cc1. The lowest BCUT2D eigenvalue weighted by molar-refractivity contribution is -0.126. The molecule has 0 saturated carbocycles. The summed E-state index contributed by atoms with van der Waals surface area (Å²) in [5.74, 6) is -0.167. The minimum Gasteiger partial charge on any atom is -0.385 e. The zero-order chi connectivity index (χ0) is 13.1. The molecule has 1 unspecified atom stereocenters. The molecule has 1 aromatic rings. The molecule has 0 aliphatic heterocycles. The van der Waals surface area contributed by atoms with Crippen LogP contribution in [0.3, 0.4) is 0 Å². The molecule has 94 valence electrons. The second kappa shape index (κ2) is 5.52. The standard InChI is InChI=1S/C13H18ClNO2/c1-9(2)15-12(16)8-13(3,17)10-4-6-11(14)7-5-10/h4-7,9,17H,8H2,1-3H3,(H,15,16). The molecule has 3 nitrogen and oxygen atoms in total. The third-order valence-electron chi connectivity index (χ3n) is 2.42. The molecule has 4 heteroatoms. The van der Waals surface area contributed by atoms with E-state index >= 15 is 0 Å². The Bertz CT molecular complexity index is 385. The summed E-state index contributed by atoms with van der Waals surface area (Å²) >= 11 is 5.78. The quantitative estimate of drug-likeness (QED) is 0.868. The molecule has 0 aromatic heterocycles. The fourth-order valence-electron chi connectivity index (χ4n) is 1.60. The van der Waals surface area contributed by atoms with Gasteiger partial charge < -0.3 is 10.4 Å². The summed E-state index contributed by atoms with van der Waals surface area (Å²) in [6, 6.07) is 6.93. The van der Waals surface area contributed by atoms with Gasteiger partial charge in [0, 0.05) is 11.1 Å². The molecule has 0 aliphatic carbocycles. The molecule has 0 saturated heterocycles. The third kappa shape index (κ3) is 4.36. The molecule has 2 N–H and O–H groups in total. The van der Waals surface area contributed by atoms with Gasteiger partial charge in [0.05, 0.1) is 12.0 Å². The van der Waals surface area contributed by atoms with Gasteiger partial charge in [0.1, 0.15) is 0 Å². The van der Waals surface area contributed by atoms with Crippen LogP contribution in [0, 0.1) is 0 Å². The van der Waals surface area contributed by atoms with Crippen molar-refractivity contribution < 1.29 is 9.90 Å². The van der Waals surface area contributed by atoms with Crippen LogP contribution in [-0.4, -0.2) is 17.1 Å². The number of halogens is 1. The Hall–Kier alpha value is -1.06. The number of nitrogens with one attached hydrogen (secondary N) is 1. The Labute approximate surface area is 107 Å². The van der Waals surface area contributed by atoms with Gasteiger partial charge in [-0.25, -0.2) is 0 Å². The van der Waals surface area contributed by atoms with Gasteiger partial charge >= 0.3 is 0 Å². The van der Waals surface area contributed by atoms with E-state index < -0.39 is 5.60 Å². The highest BCUT2D eigenvalue weighted by Crippen LogP contribution is 2.25. The molecule has 0 spiro atoms. The van der Waals surface area contributed by atoms with E-state index in [2.05, 4.69) is 5.32 Å². The Morgan fingerprint density at radius 2 is 1.94 bits per heavy atom. The molecule has 0 radical (unpaired) electrons. The first-order valence-electron chi connectivity index (χ1n) is 5.59. The minimum absolute atomic E-state index is 0.0345. The maximum absolute atomic E-state index is 11.6. The maximum Gasteiger partial charge on any atom is 0.223 e. The van der Waals surface area contributed by atoms with Crippen LogP contribution in [0.15, 0.2) is 24.3 Å². The molecular weight excluding hydrogens is 238 g/mol. The smallest absolute Gasteiger partial charge is 0.223 e. The molecular formula is C13H18ClNO2. The van der Waals surface area contributed by atoms with Gasteiger partial charge in [-0.3, -0.25) is 4.79 Å². The largest absolute Gasteiger partial charge is 0.385 e. The lowest BCUT2D eigenvalue weighted by Gasteiger charge is -2.24. The zero-order valence-corrected chi connectivity index (χ0v) is 11.1. The van der Waals surface area contributed by atoms with Crippen LogP contribution in [0.2, 0.25) is 5.02 Å². The molecule has 1 atom stereocenters. The van der Waals surface area contributed by atoms with Gasteiger partial charge in [-0.15, -0.1) is 0 Å². The van der Waals surface area contributed by atoms with Crippen LogP contribution >= 0.6 is 11.6 Å². The van der Waals surface area contributed by atoms with E-state index in [0.29, 0.717) is 10.6 Å². The van der Waals surface area contributed by atoms with Crippen LogP contribution in [0.1, 0.15) is 32.8 Å². The van der Waals surface area contributed by atoms with Crippen molar-refractivity contribution in [2.24, 2.45) is 0 Å². The summed E-state index contributed by atoms with van der Waals surface area (Å²) in [6.45, 7) is 5.39. The van der Waals surface area contributed by atoms with E-state index in [9.17, 15) is 9.90 Å². The van der Waals surface area contributed by atoms with Crippen molar-refractivity contribution in [2.75, 3.05) is 0 Å². The van der Waals surface area contributed by atoms with Crippen molar-refractivity contribution in [3.63, 3.8) is 0 Å². The molecule has 1 rings (SSSR count). The lowest BCUT2D eigenvalue weighted by atomic mass is 9.92. The molecule has 0 aliphatic rings. The van der Waals surface area contributed by atoms with Crippen molar-refractivity contribution in [2.45, 2.75) is 38.8 Å². The van der Waals surface area contributed by atoms with E-state index in [1.165, 1.54) is 0 Å². The zero-order valence-electron chi connectivity index (χ0n) is 10.3. The second-order valence-electron chi connectivity index (χ2n) is 4.68. The number of carbonyl (C=O) groups excluding carboxylic acids is 1. The first kappa shape index (κ1) is 14.0. The van der Waals surface area contributed by atoms with E-state index in [1.807, 2.05) is 13.8 Å². The number of rotatable bonds is 4. The number of carbonyl (C=O) groups is 1. The molecule has 0 fully saturated rings. The van der Waals surface area contributed by atoms with E-state index in [1.54, 1.807) is 31.2 Å². The van der Waals surface area contributed by atoms with Crippen molar-refractivity contribution in [3.8, 4) is 0 Å². The molecule has 0 heterocycles. The summed E-state index contributed by atoms with van der Waals surface area (Å²) in [4.78, 5) is 11.6. The molecule has 0 bridgehead atoms. The van der Waals surface area contributed by atoms with E-state index in [4.69, 9.17) is 11.6 Å². The van der Waals surface area contributed by atoms with E-state index in [-0.39, 0.29) is 18.4 Å². The second-order valence-corrected chi connectivity index (χ2v) is 5.12. The average Bonchev–Trinajstić information content (AvgIpc) is 2.15. The summed E-state index contributed by atoms with van der Waals surface area (Å²) in [6.07, 6.45) is 0.0345. The fraction of sp³-hybridized carbons (Fsp3) is 0.462. The Morgan fingerprint density at radius 1 is 1.41 bits per heavy atom. The van der Waals surface area contributed by atoms with Gasteiger partial charge in [-0.05, 0) is 38.5 Å². The van der Waals surface area contributed by atoms with Gasteiger partial charge in [0.2, 0.25) is 5.91 Å². The average molecular weight is 256 g/mol. The van der Waals surface area contributed by atoms with Crippen LogP contribution < -0.4 is 5.32 Å². The van der Waals surface area contributed by atoms with Crippen molar-refractivity contribution >= 4 is 17.5 Å². The molecule has 17 heavy (non-hydrogen) atoms. The number of hydrogen-bond donors (Lipinski definition) is 2. The van der Waals surface area contributed by atoms with Crippen LogP contribution in [0.25, 0.3) is 0 Å². The topological polar surface area (TPSA) is 49.3 Å². The first-order chi connectivity index (χ1) is 7.81. The predicted molar refractivity (Wildman–Crippen MR) is 68.9 cm³/mol. The summed E-state index contributed by atoms with van der Waals surface area (Å²) in [5.41, 5.74) is -0.496. The number of aliphatic hydroxyl groups is 1. The maximum atomic E-state index is 11.6. The van der Waals surface area contributed by atoms with Gasteiger partial charge in [0.15, 0.2) is 0 Å². The van der Waals surface area contributed by atoms with Crippen molar-refractivity contribution in [1.82, 2.24) is 5.32 Å². The summed E-state index contributed by atoms with van der Waals surface area (Å²) in [7, 11) is 0. The van der Waals surface area contributed by atoms with Crippen LogP contribution in [0.5, 0.6) is 0 Å². The Kier molecular flexibility index (Phi) is 4.54. The summed E-state index contributed by atoms with van der Waals surface area (Å²) < 4.78 is 0. The summed E-state index contributed by atoms with van der Waals surface area (Å²) in [5, 5.41) is 13.6. The van der Waals surface area contributed by atoms with Crippen LogP contribution in [0.4, 0.5) is 0 Å². The molecule has 1 aromatic carbocycles. The van der Waals surface area contributed by atoms with Crippen molar-refractivity contribution in [1.29, 1.82) is 0 Å². The normalized spacial score (nSPS) is 14.5. The highest BCUT2D eigenvalue weighted by molar-refractivity contribution is 6.30. The molecule has 1 amide bonds. The van der Waals surface area contributed by atoms with Crippen LogP contribution in [-0.2, 0) is 10.4 Å². The minimum atomic E-state index is -1.18. The lowest BCUT2D eigenvalue weighted by Crippen LogP contribution is -2.36. The van der Waals surface area contributed by atoms with Gasteiger partial charge in [-0.2, -0.15) is 0 Å². The van der Waals surface area contributed by atoms with Gasteiger partial charge in [0.25, 0.3) is 0 Å².